The van der Waals surface area contributed by atoms with Gasteiger partial charge in [-0.1, -0.05) is 13.8 Å². The predicted molar refractivity (Wildman–Crippen MR) is 44.2 cm³/mol. The lowest BCUT2D eigenvalue weighted by atomic mass is 9.68. The Morgan fingerprint density at radius 2 is 1.82 bits per heavy atom. The van der Waals surface area contributed by atoms with Crippen LogP contribution in [0.25, 0.3) is 0 Å². The van der Waals surface area contributed by atoms with Gasteiger partial charge < -0.3 is 10.5 Å². The van der Waals surface area contributed by atoms with E-state index in [4.69, 9.17) is 10.5 Å². The van der Waals surface area contributed by atoms with E-state index in [2.05, 4.69) is 13.8 Å². The van der Waals surface area contributed by atoms with E-state index in [0.717, 1.165) is 13.2 Å². The van der Waals surface area contributed by atoms with Crippen LogP contribution in [0.5, 0.6) is 0 Å². The van der Waals surface area contributed by atoms with Gasteiger partial charge in [-0.2, -0.15) is 0 Å². The number of hydrogen-bond acceptors (Lipinski definition) is 2. The molecule has 11 heavy (non-hydrogen) atoms. The highest BCUT2D eigenvalue weighted by molar-refractivity contribution is 5.16. The summed E-state index contributed by atoms with van der Waals surface area (Å²) in [5, 5.41) is 0. The van der Waals surface area contributed by atoms with Gasteiger partial charge in [0.15, 0.2) is 0 Å². The van der Waals surface area contributed by atoms with Gasteiger partial charge in [-0.25, -0.2) is 0 Å². The molecule has 0 atom stereocenters. The van der Waals surface area contributed by atoms with Crippen molar-refractivity contribution in [2.75, 3.05) is 13.2 Å². The quantitative estimate of drug-likeness (QED) is 0.649. The summed E-state index contributed by atoms with van der Waals surface area (Å²) in [6.45, 7) is 6.30. The third-order valence-corrected chi connectivity index (χ3v) is 3.60. The molecule has 1 aliphatic carbocycles. The zero-order chi connectivity index (χ0) is 8.11. The van der Waals surface area contributed by atoms with Crippen LogP contribution < -0.4 is 5.73 Å². The van der Waals surface area contributed by atoms with Crippen molar-refractivity contribution in [3.05, 3.63) is 0 Å². The highest BCUT2D eigenvalue weighted by atomic mass is 16.5. The summed E-state index contributed by atoms with van der Waals surface area (Å²) < 4.78 is 5.29. The molecule has 2 aliphatic rings. The second-order valence-electron chi connectivity index (χ2n) is 4.46. The molecule has 2 N–H and O–H groups in total. The van der Waals surface area contributed by atoms with Gasteiger partial charge in [-0.3, -0.25) is 0 Å². The van der Waals surface area contributed by atoms with Crippen LogP contribution in [-0.4, -0.2) is 18.8 Å². The van der Waals surface area contributed by atoms with Crippen molar-refractivity contribution in [1.82, 2.24) is 0 Å². The van der Waals surface area contributed by atoms with E-state index in [0.29, 0.717) is 11.3 Å². The van der Waals surface area contributed by atoms with Gasteiger partial charge in [0.25, 0.3) is 0 Å². The summed E-state index contributed by atoms with van der Waals surface area (Å²) in [7, 11) is 0. The van der Waals surface area contributed by atoms with Gasteiger partial charge in [0, 0.05) is 11.0 Å². The SMILES string of the molecule is CC(C)C1(C2(N)CC2)COC1. The molecule has 0 aromatic rings. The molecule has 64 valence electrons. The minimum absolute atomic E-state index is 0.138. The minimum Gasteiger partial charge on any atom is -0.380 e. The first kappa shape index (κ1) is 7.56. The summed E-state index contributed by atoms with van der Waals surface area (Å²) in [4.78, 5) is 0. The summed E-state index contributed by atoms with van der Waals surface area (Å²) in [6.07, 6.45) is 2.41. The molecular weight excluding hydrogens is 138 g/mol. The van der Waals surface area contributed by atoms with Crippen LogP contribution in [0.2, 0.25) is 0 Å². The van der Waals surface area contributed by atoms with Gasteiger partial charge >= 0.3 is 0 Å². The van der Waals surface area contributed by atoms with Gasteiger partial charge in [0.1, 0.15) is 0 Å². The van der Waals surface area contributed by atoms with Crippen LogP contribution in [-0.2, 0) is 4.74 Å². The maximum atomic E-state index is 6.21. The molecule has 0 aromatic heterocycles. The van der Waals surface area contributed by atoms with Crippen molar-refractivity contribution in [2.24, 2.45) is 17.1 Å². The Hall–Kier alpha value is -0.0800. The molecule has 2 heteroatoms. The Bertz CT molecular complexity index is 168. The molecule has 2 nitrogen and oxygen atoms in total. The second kappa shape index (κ2) is 1.99. The summed E-state index contributed by atoms with van der Waals surface area (Å²) in [6, 6.07) is 0. The Labute approximate surface area is 68.1 Å². The number of nitrogens with two attached hydrogens (primary N) is 1. The summed E-state index contributed by atoms with van der Waals surface area (Å²) >= 11 is 0. The van der Waals surface area contributed by atoms with Crippen LogP contribution in [0.15, 0.2) is 0 Å². The normalized spacial score (nSPS) is 31.6. The van der Waals surface area contributed by atoms with E-state index in [-0.39, 0.29) is 5.54 Å². The smallest absolute Gasteiger partial charge is 0.0565 e. The topological polar surface area (TPSA) is 35.2 Å². The highest BCUT2D eigenvalue weighted by Crippen LogP contribution is 2.55. The molecule has 0 spiro atoms. The van der Waals surface area contributed by atoms with Crippen molar-refractivity contribution in [3.63, 3.8) is 0 Å². The van der Waals surface area contributed by atoms with Crippen molar-refractivity contribution in [3.8, 4) is 0 Å². The van der Waals surface area contributed by atoms with E-state index >= 15 is 0 Å². The zero-order valence-corrected chi connectivity index (χ0v) is 7.39. The lowest BCUT2D eigenvalue weighted by Gasteiger charge is -2.49. The standard InChI is InChI=1S/C9H17NO/c1-7(2)8(5-11-6-8)9(10)3-4-9/h7H,3-6,10H2,1-2H3. The Morgan fingerprint density at radius 1 is 1.27 bits per heavy atom. The molecule has 2 rings (SSSR count). The fraction of sp³-hybridized carbons (Fsp3) is 1.00. The third kappa shape index (κ3) is 0.798. The van der Waals surface area contributed by atoms with Crippen molar-refractivity contribution in [2.45, 2.75) is 32.2 Å². The van der Waals surface area contributed by atoms with Crippen molar-refractivity contribution in [1.29, 1.82) is 0 Å². The minimum atomic E-state index is 0.138. The molecule has 1 heterocycles. The number of hydrogen-bond donors (Lipinski definition) is 1. The van der Waals surface area contributed by atoms with Crippen LogP contribution in [0.3, 0.4) is 0 Å². The fourth-order valence-corrected chi connectivity index (χ4v) is 2.15. The third-order valence-electron chi connectivity index (χ3n) is 3.60. The first-order valence-corrected chi connectivity index (χ1v) is 4.47. The molecule has 0 bridgehead atoms. The Kier molecular flexibility index (Phi) is 1.37. The molecular formula is C9H17NO. The second-order valence-corrected chi connectivity index (χ2v) is 4.46. The molecule has 0 amide bonds. The van der Waals surface area contributed by atoms with Crippen LogP contribution in [0.4, 0.5) is 0 Å². The maximum Gasteiger partial charge on any atom is 0.0565 e. The fourth-order valence-electron chi connectivity index (χ4n) is 2.15. The Balaban J connectivity index is 2.16. The van der Waals surface area contributed by atoms with Crippen LogP contribution in [0.1, 0.15) is 26.7 Å². The summed E-state index contributed by atoms with van der Waals surface area (Å²) in [5.74, 6) is 0.670. The molecule has 0 unspecified atom stereocenters. The number of ether oxygens (including phenoxy) is 1. The molecule has 1 aliphatic heterocycles. The van der Waals surface area contributed by atoms with E-state index in [1.54, 1.807) is 0 Å². The molecule has 1 saturated carbocycles. The Morgan fingerprint density at radius 3 is 1.91 bits per heavy atom. The molecule has 1 saturated heterocycles. The lowest BCUT2D eigenvalue weighted by Crippen LogP contribution is -2.60. The monoisotopic (exact) mass is 155 g/mol. The van der Waals surface area contributed by atoms with Gasteiger partial charge in [-0.15, -0.1) is 0 Å². The van der Waals surface area contributed by atoms with Gasteiger partial charge in [0.2, 0.25) is 0 Å². The molecule has 0 aromatic carbocycles. The van der Waals surface area contributed by atoms with Crippen molar-refractivity contribution >= 4 is 0 Å². The molecule has 0 radical (unpaired) electrons. The van der Waals surface area contributed by atoms with E-state index in [1.165, 1.54) is 12.8 Å². The highest BCUT2D eigenvalue weighted by Gasteiger charge is 2.61. The summed E-state index contributed by atoms with van der Waals surface area (Å²) in [5.41, 5.74) is 6.67. The average Bonchev–Trinajstić information content (AvgIpc) is 2.42. The van der Waals surface area contributed by atoms with E-state index < -0.39 is 0 Å². The lowest BCUT2D eigenvalue weighted by molar-refractivity contribution is -0.158. The van der Waals surface area contributed by atoms with Gasteiger partial charge in [-0.05, 0) is 18.8 Å². The first-order chi connectivity index (χ1) is 5.11. The maximum absolute atomic E-state index is 6.21. The first-order valence-electron chi connectivity index (χ1n) is 4.47. The number of rotatable bonds is 2. The van der Waals surface area contributed by atoms with Crippen LogP contribution in [0, 0.1) is 11.3 Å². The molecule has 2 fully saturated rings. The van der Waals surface area contributed by atoms with Crippen LogP contribution >= 0.6 is 0 Å². The zero-order valence-electron chi connectivity index (χ0n) is 7.39. The largest absolute Gasteiger partial charge is 0.380 e. The van der Waals surface area contributed by atoms with E-state index in [1.807, 2.05) is 0 Å². The van der Waals surface area contributed by atoms with Crippen molar-refractivity contribution < 1.29 is 4.74 Å². The average molecular weight is 155 g/mol. The predicted octanol–water partition coefficient (Wildman–Crippen LogP) is 1.15. The van der Waals surface area contributed by atoms with E-state index in [9.17, 15) is 0 Å². The van der Waals surface area contributed by atoms with Gasteiger partial charge in [0.05, 0.1) is 13.2 Å².